The minimum atomic E-state index is -1.08. The largest absolute Gasteiger partial charge is 0.444 e. The third-order valence-electron chi connectivity index (χ3n) is 4.50. The molecule has 1 amide bonds. The van der Waals surface area contributed by atoms with Gasteiger partial charge in [0.1, 0.15) is 5.60 Å². The average molecular weight is 377 g/mol. The van der Waals surface area contributed by atoms with Gasteiger partial charge in [0.05, 0.1) is 11.3 Å². The molecule has 0 bridgehead atoms. The maximum Gasteiger partial charge on any atom is 0.410 e. The zero-order valence-electron chi connectivity index (χ0n) is 16.9. The van der Waals surface area contributed by atoms with Gasteiger partial charge in [0.25, 0.3) is 0 Å². The van der Waals surface area contributed by atoms with Crippen molar-refractivity contribution in [3.63, 3.8) is 0 Å². The van der Waals surface area contributed by atoms with E-state index in [1.807, 2.05) is 20.8 Å². The molecule has 0 radical (unpaired) electrons. The molecule has 7 heteroatoms. The Labute approximate surface area is 161 Å². The number of nitrogens with two attached hydrogens (primary N) is 1. The van der Waals surface area contributed by atoms with Crippen molar-refractivity contribution in [1.82, 2.24) is 10.2 Å². The van der Waals surface area contributed by atoms with Crippen LogP contribution >= 0.6 is 0 Å². The highest BCUT2D eigenvalue weighted by Crippen LogP contribution is 2.26. The summed E-state index contributed by atoms with van der Waals surface area (Å²) in [5.41, 5.74) is 6.47. The molecule has 0 spiro atoms. The lowest BCUT2D eigenvalue weighted by atomic mass is 9.88. The van der Waals surface area contributed by atoms with Gasteiger partial charge in [-0.2, -0.15) is 0 Å². The molecule has 150 valence electrons. The predicted molar refractivity (Wildman–Crippen MR) is 106 cm³/mol. The van der Waals surface area contributed by atoms with Gasteiger partial charge in [0, 0.05) is 42.2 Å². The number of hydrogen-bond acceptors (Lipinski definition) is 6. The van der Waals surface area contributed by atoms with Crippen molar-refractivity contribution in [1.29, 1.82) is 5.41 Å². The number of aliphatic hydroxyl groups is 1. The van der Waals surface area contributed by atoms with Crippen LogP contribution < -0.4 is 11.1 Å². The summed E-state index contributed by atoms with van der Waals surface area (Å²) in [6.07, 6.45) is 6.45. The first-order valence-electron chi connectivity index (χ1n) is 9.32. The van der Waals surface area contributed by atoms with Gasteiger partial charge in [-0.05, 0) is 59.6 Å². The van der Waals surface area contributed by atoms with E-state index in [0.29, 0.717) is 35.6 Å². The molecule has 0 aromatic rings. The van der Waals surface area contributed by atoms with E-state index in [2.05, 4.69) is 5.32 Å². The summed E-state index contributed by atoms with van der Waals surface area (Å²) in [5, 5.41) is 21.6. The first-order chi connectivity index (χ1) is 12.4. The molecule has 1 aliphatic heterocycles. The molecular formula is C20H32N4O3. The molecule has 27 heavy (non-hydrogen) atoms. The summed E-state index contributed by atoms with van der Waals surface area (Å²) in [7, 11) is 0. The van der Waals surface area contributed by atoms with Crippen LogP contribution in [-0.4, -0.2) is 52.1 Å². The number of nitrogens with zero attached hydrogens (tertiary/aromatic N) is 1. The number of allylic oxidation sites excluding steroid dienone is 3. The zero-order chi connectivity index (χ0) is 20.4. The Morgan fingerprint density at radius 1 is 1.30 bits per heavy atom. The third kappa shape index (κ3) is 5.85. The zero-order valence-corrected chi connectivity index (χ0v) is 16.9. The van der Waals surface area contributed by atoms with E-state index < -0.39 is 11.2 Å². The Morgan fingerprint density at radius 2 is 1.89 bits per heavy atom. The van der Waals surface area contributed by atoms with Crippen LogP contribution in [0, 0.1) is 5.41 Å². The average Bonchev–Trinajstić information content (AvgIpc) is 2.53. The van der Waals surface area contributed by atoms with Crippen LogP contribution in [0.25, 0.3) is 0 Å². The number of amides is 1. The van der Waals surface area contributed by atoms with Gasteiger partial charge in [-0.3, -0.25) is 0 Å². The van der Waals surface area contributed by atoms with Crippen LogP contribution in [0.3, 0.4) is 0 Å². The fourth-order valence-corrected chi connectivity index (χ4v) is 3.05. The Hall–Kier alpha value is -2.28. The van der Waals surface area contributed by atoms with Crippen LogP contribution in [0.15, 0.2) is 35.2 Å². The Kier molecular flexibility index (Phi) is 6.04. The molecule has 0 saturated carbocycles. The lowest BCUT2D eigenvalue weighted by Crippen LogP contribution is -2.45. The number of nitrogens with one attached hydrogen (secondary N) is 2. The number of carbonyl (C=O) groups is 1. The Bertz CT molecular complexity index is 685. The summed E-state index contributed by atoms with van der Waals surface area (Å²) < 4.78 is 5.41. The number of rotatable bonds is 3. The summed E-state index contributed by atoms with van der Waals surface area (Å²) >= 11 is 0. The maximum absolute atomic E-state index is 12.1. The number of piperidine rings is 1. The molecule has 0 aromatic heterocycles. The molecule has 1 heterocycles. The Balaban J connectivity index is 1.91. The molecule has 0 aromatic carbocycles. The SMILES string of the molecule is CC(C)(C)OC(=O)N1CCC(N/C=C2/C=C(N)C(C(C)(C)O)=CC2=N)CC1. The normalized spacial score (nSPS) is 21.0. The standard InChI is InChI=1S/C20H32N4O3/c1-19(2,3)27-18(25)24-8-6-14(7-9-24)23-12-13-10-17(22)15(11-16(13)21)20(4,5)26/h10-12,14,21,23,26H,6-9,22H2,1-5H3/b13-12-,21-16?. The molecule has 2 rings (SSSR count). The molecule has 5 N–H and O–H groups in total. The van der Waals surface area contributed by atoms with Crippen LogP contribution in [0.1, 0.15) is 47.5 Å². The highest BCUT2D eigenvalue weighted by molar-refractivity contribution is 6.10. The molecule has 0 unspecified atom stereocenters. The molecular weight excluding hydrogens is 344 g/mol. The first-order valence-corrected chi connectivity index (χ1v) is 9.32. The lowest BCUT2D eigenvalue weighted by Gasteiger charge is -2.33. The van der Waals surface area contributed by atoms with E-state index in [1.54, 1.807) is 37.1 Å². The number of likely N-dealkylation sites (tertiary alicyclic amines) is 1. The van der Waals surface area contributed by atoms with E-state index in [0.717, 1.165) is 12.8 Å². The van der Waals surface area contributed by atoms with Crippen molar-refractivity contribution in [3.8, 4) is 0 Å². The van der Waals surface area contributed by atoms with E-state index >= 15 is 0 Å². The van der Waals surface area contributed by atoms with Crippen molar-refractivity contribution < 1.29 is 14.6 Å². The van der Waals surface area contributed by atoms with E-state index in [-0.39, 0.29) is 12.1 Å². The van der Waals surface area contributed by atoms with Crippen molar-refractivity contribution >= 4 is 11.8 Å². The highest BCUT2D eigenvalue weighted by atomic mass is 16.6. The minimum Gasteiger partial charge on any atom is -0.444 e. The molecule has 0 atom stereocenters. The topological polar surface area (TPSA) is 112 Å². The predicted octanol–water partition coefficient (Wildman–Crippen LogP) is 2.43. The van der Waals surface area contributed by atoms with Gasteiger partial charge in [-0.1, -0.05) is 0 Å². The number of carbonyl (C=O) groups excluding carboxylic acids is 1. The van der Waals surface area contributed by atoms with Crippen LogP contribution in [0.5, 0.6) is 0 Å². The first kappa shape index (κ1) is 21.0. The highest BCUT2D eigenvalue weighted by Gasteiger charge is 2.27. The maximum atomic E-state index is 12.1. The number of hydrogen-bond donors (Lipinski definition) is 4. The van der Waals surface area contributed by atoms with Gasteiger partial charge in [0.15, 0.2) is 0 Å². The van der Waals surface area contributed by atoms with Gasteiger partial charge in [-0.15, -0.1) is 0 Å². The van der Waals surface area contributed by atoms with Crippen molar-refractivity contribution in [2.75, 3.05) is 13.1 Å². The lowest BCUT2D eigenvalue weighted by molar-refractivity contribution is 0.0201. The minimum absolute atomic E-state index is 0.221. The second-order valence-corrected chi connectivity index (χ2v) is 8.64. The summed E-state index contributed by atoms with van der Waals surface area (Å²) in [5.74, 6) is 0. The summed E-state index contributed by atoms with van der Waals surface area (Å²) in [6, 6.07) is 0.221. The number of ether oxygens (including phenoxy) is 1. The van der Waals surface area contributed by atoms with E-state index in [9.17, 15) is 9.90 Å². The van der Waals surface area contributed by atoms with Gasteiger partial charge in [-0.25, -0.2) is 4.79 Å². The smallest absolute Gasteiger partial charge is 0.410 e. The second-order valence-electron chi connectivity index (χ2n) is 8.64. The monoisotopic (exact) mass is 376 g/mol. The van der Waals surface area contributed by atoms with E-state index in [1.165, 1.54) is 0 Å². The molecule has 1 fully saturated rings. The van der Waals surface area contributed by atoms with Crippen molar-refractivity contribution in [2.24, 2.45) is 5.73 Å². The Morgan fingerprint density at radius 3 is 2.41 bits per heavy atom. The molecule has 2 aliphatic rings. The fraction of sp³-hybridized carbons (Fsp3) is 0.600. The van der Waals surface area contributed by atoms with Crippen LogP contribution in [0.4, 0.5) is 4.79 Å². The van der Waals surface area contributed by atoms with Gasteiger partial charge in [0.2, 0.25) is 0 Å². The van der Waals surface area contributed by atoms with Gasteiger partial charge < -0.3 is 31.2 Å². The fourth-order valence-electron chi connectivity index (χ4n) is 3.05. The van der Waals surface area contributed by atoms with E-state index in [4.69, 9.17) is 15.9 Å². The third-order valence-corrected chi connectivity index (χ3v) is 4.50. The molecule has 1 saturated heterocycles. The summed E-state index contributed by atoms with van der Waals surface area (Å²) in [4.78, 5) is 13.8. The molecule has 7 nitrogen and oxygen atoms in total. The molecule has 1 aliphatic carbocycles. The van der Waals surface area contributed by atoms with Crippen LogP contribution in [0.2, 0.25) is 0 Å². The van der Waals surface area contributed by atoms with Gasteiger partial charge >= 0.3 is 6.09 Å². The quantitative estimate of drug-likeness (QED) is 0.604. The van der Waals surface area contributed by atoms with Crippen molar-refractivity contribution in [3.05, 3.63) is 35.2 Å². The van der Waals surface area contributed by atoms with Crippen LogP contribution in [-0.2, 0) is 4.74 Å². The second kappa shape index (κ2) is 7.76. The van der Waals surface area contributed by atoms with Crippen molar-refractivity contribution in [2.45, 2.75) is 64.7 Å². The summed E-state index contributed by atoms with van der Waals surface area (Å²) in [6.45, 7) is 10.2.